The zero-order valence-corrected chi connectivity index (χ0v) is 13.0. The number of para-hydroxylation sites is 1. The molecule has 0 radical (unpaired) electrons. The molecule has 1 heterocycles. The summed E-state index contributed by atoms with van der Waals surface area (Å²) in [5.41, 5.74) is 0.109. The van der Waals surface area contributed by atoms with Crippen molar-refractivity contribution in [2.24, 2.45) is 0 Å². The largest absolute Gasteiger partial charge is 0.493 e. The third kappa shape index (κ3) is 3.90. The molecule has 0 bridgehead atoms. The highest BCUT2D eigenvalue weighted by atomic mass is 16.6. The number of fused-ring (bicyclic) bond motifs is 1. The van der Waals surface area contributed by atoms with Crippen LogP contribution in [0.25, 0.3) is 0 Å². The number of carboxylic acids is 1. The van der Waals surface area contributed by atoms with Gasteiger partial charge in [0, 0.05) is 5.92 Å². The average molecular weight is 307 g/mol. The minimum absolute atomic E-state index is 0.352. The first kappa shape index (κ1) is 16.1. The van der Waals surface area contributed by atoms with E-state index in [0.717, 1.165) is 5.56 Å². The van der Waals surface area contributed by atoms with Gasteiger partial charge in [-0.1, -0.05) is 18.2 Å². The molecular weight excluding hydrogens is 286 g/mol. The maximum atomic E-state index is 11.9. The van der Waals surface area contributed by atoms with E-state index < -0.39 is 23.7 Å². The van der Waals surface area contributed by atoms with E-state index in [1.807, 2.05) is 18.2 Å². The summed E-state index contributed by atoms with van der Waals surface area (Å²) < 4.78 is 10.7. The minimum atomic E-state index is -1.09. The van der Waals surface area contributed by atoms with E-state index in [0.29, 0.717) is 18.8 Å². The number of amides is 1. The van der Waals surface area contributed by atoms with Gasteiger partial charge in [-0.25, -0.2) is 9.59 Å². The molecule has 22 heavy (non-hydrogen) atoms. The Balaban J connectivity index is 2.19. The molecule has 2 rings (SSSR count). The highest BCUT2D eigenvalue weighted by molar-refractivity contribution is 5.81. The Hall–Kier alpha value is -2.24. The molecule has 1 aromatic rings. The Morgan fingerprint density at radius 3 is 2.68 bits per heavy atom. The maximum Gasteiger partial charge on any atom is 0.408 e. The van der Waals surface area contributed by atoms with Crippen LogP contribution in [0.1, 0.15) is 38.7 Å². The average Bonchev–Trinajstić information content (AvgIpc) is 2.42. The van der Waals surface area contributed by atoms with Crippen LogP contribution < -0.4 is 10.1 Å². The number of aliphatic carboxylic acids is 1. The first-order valence-corrected chi connectivity index (χ1v) is 7.22. The number of ether oxygens (including phenoxy) is 2. The SMILES string of the molecule is CC(C)(C)OC(=O)N[C@@H](C(=O)O)[C@H]1CCOc2ccccc21. The molecule has 1 aliphatic heterocycles. The molecule has 0 saturated carbocycles. The Bertz CT molecular complexity index is 564. The third-order valence-electron chi connectivity index (χ3n) is 3.35. The lowest BCUT2D eigenvalue weighted by atomic mass is 9.86. The zero-order chi connectivity index (χ0) is 16.3. The summed E-state index contributed by atoms with van der Waals surface area (Å²) in [6.07, 6.45) is -0.215. The standard InChI is InChI=1S/C16H21NO5/c1-16(2,3)22-15(20)17-13(14(18)19)11-8-9-21-12-7-5-4-6-10(11)12/h4-7,11,13H,8-9H2,1-3H3,(H,17,20)(H,18,19)/t11-,13+/m0/s1. The van der Waals surface area contributed by atoms with E-state index in [9.17, 15) is 14.7 Å². The number of carbonyl (C=O) groups excluding carboxylic acids is 1. The lowest BCUT2D eigenvalue weighted by Crippen LogP contribution is -2.47. The summed E-state index contributed by atoms with van der Waals surface area (Å²) in [5.74, 6) is -0.779. The monoisotopic (exact) mass is 307 g/mol. The number of rotatable bonds is 3. The molecule has 0 fully saturated rings. The van der Waals surface area contributed by atoms with E-state index in [4.69, 9.17) is 9.47 Å². The van der Waals surface area contributed by atoms with Gasteiger partial charge in [0.05, 0.1) is 6.61 Å². The summed E-state index contributed by atoms with van der Waals surface area (Å²) in [4.78, 5) is 23.5. The zero-order valence-electron chi connectivity index (χ0n) is 13.0. The Labute approximate surface area is 129 Å². The molecule has 1 amide bonds. The van der Waals surface area contributed by atoms with Crippen LogP contribution in [0.4, 0.5) is 4.79 Å². The van der Waals surface area contributed by atoms with E-state index in [1.165, 1.54) is 0 Å². The van der Waals surface area contributed by atoms with Gasteiger partial charge in [-0.15, -0.1) is 0 Å². The molecule has 1 aromatic carbocycles. The first-order valence-electron chi connectivity index (χ1n) is 7.22. The van der Waals surface area contributed by atoms with Crippen molar-refractivity contribution in [2.45, 2.75) is 44.8 Å². The van der Waals surface area contributed by atoms with E-state index >= 15 is 0 Å². The van der Waals surface area contributed by atoms with Crippen LogP contribution in [-0.4, -0.2) is 35.4 Å². The Kier molecular flexibility index (Phi) is 4.59. The number of hydrogen-bond acceptors (Lipinski definition) is 4. The highest BCUT2D eigenvalue weighted by Crippen LogP contribution is 2.35. The van der Waals surface area contributed by atoms with Gasteiger partial charge in [0.1, 0.15) is 17.4 Å². The van der Waals surface area contributed by atoms with E-state index in [-0.39, 0.29) is 5.92 Å². The smallest absolute Gasteiger partial charge is 0.408 e. The van der Waals surface area contributed by atoms with Gasteiger partial charge >= 0.3 is 12.1 Å². The van der Waals surface area contributed by atoms with E-state index in [2.05, 4.69) is 5.32 Å². The quantitative estimate of drug-likeness (QED) is 0.896. The molecule has 0 unspecified atom stereocenters. The molecule has 2 N–H and O–H groups in total. The van der Waals surface area contributed by atoms with Crippen LogP contribution in [0.15, 0.2) is 24.3 Å². The summed E-state index contributed by atoms with van der Waals surface area (Å²) in [6.45, 7) is 5.60. The highest BCUT2D eigenvalue weighted by Gasteiger charge is 2.35. The second-order valence-corrected chi connectivity index (χ2v) is 6.24. The van der Waals surface area contributed by atoms with Gasteiger partial charge in [0.2, 0.25) is 0 Å². The second kappa shape index (κ2) is 6.25. The van der Waals surface area contributed by atoms with Crippen molar-refractivity contribution in [1.29, 1.82) is 0 Å². The van der Waals surface area contributed by atoms with Crippen molar-refractivity contribution in [3.8, 4) is 5.75 Å². The minimum Gasteiger partial charge on any atom is -0.493 e. The van der Waals surface area contributed by atoms with Gasteiger partial charge in [-0.3, -0.25) is 0 Å². The predicted molar refractivity (Wildman–Crippen MR) is 80.1 cm³/mol. The van der Waals surface area contributed by atoms with Crippen molar-refractivity contribution in [3.63, 3.8) is 0 Å². The van der Waals surface area contributed by atoms with Gasteiger partial charge in [-0.2, -0.15) is 0 Å². The van der Waals surface area contributed by atoms with Gasteiger partial charge < -0.3 is 19.9 Å². The number of carboxylic acid groups (broad SMARTS) is 1. The normalized spacial score (nSPS) is 18.6. The molecule has 0 spiro atoms. The van der Waals surface area contributed by atoms with Gasteiger partial charge in [-0.05, 0) is 38.8 Å². The third-order valence-corrected chi connectivity index (χ3v) is 3.35. The summed E-state index contributed by atoms with van der Waals surface area (Å²) in [6, 6.07) is 6.23. The van der Waals surface area contributed by atoms with Crippen LogP contribution >= 0.6 is 0 Å². The van der Waals surface area contributed by atoms with Crippen molar-refractivity contribution in [3.05, 3.63) is 29.8 Å². The summed E-state index contributed by atoms with van der Waals surface area (Å²) in [5, 5.41) is 12.0. The van der Waals surface area contributed by atoms with Crippen LogP contribution in [0.2, 0.25) is 0 Å². The molecule has 0 saturated heterocycles. The lowest BCUT2D eigenvalue weighted by Gasteiger charge is -2.31. The Morgan fingerprint density at radius 1 is 1.36 bits per heavy atom. The van der Waals surface area contributed by atoms with Crippen molar-refractivity contribution in [1.82, 2.24) is 5.32 Å². The van der Waals surface area contributed by atoms with E-state index in [1.54, 1.807) is 26.8 Å². The molecule has 0 aliphatic carbocycles. The number of benzene rings is 1. The molecule has 2 atom stereocenters. The maximum absolute atomic E-state index is 11.9. The van der Waals surface area contributed by atoms with Gasteiger partial charge in [0.25, 0.3) is 0 Å². The summed E-state index contributed by atoms with van der Waals surface area (Å²) >= 11 is 0. The first-order chi connectivity index (χ1) is 10.3. The lowest BCUT2D eigenvalue weighted by molar-refractivity contribution is -0.140. The number of carbonyl (C=O) groups is 2. The Morgan fingerprint density at radius 2 is 2.05 bits per heavy atom. The molecule has 6 nitrogen and oxygen atoms in total. The van der Waals surface area contributed by atoms with Crippen molar-refractivity contribution in [2.75, 3.05) is 6.61 Å². The predicted octanol–water partition coefficient (Wildman–Crippen LogP) is 2.53. The van der Waals surface area contributed by atoms with Crippen molar-refractivity contribution >= 4 is 12.1 Å². The topological polar surface area (TPSA) is 84.9 Å². The molecule has 0 aromatic heterocycles. The number of nitrogens with one attached hydrogen (secondary N) is 1. The molecular formula is C16H21NO5. The van der Waals surface area contributed by atoms with Crippen LogP contribution in [0.3, 0.4) is 0 Å². The van der Waals surface area contributed by atoms with Crippen molar-refractivity contribution < 1.29 is 24.2 Å². The fraction of sp³-hybridized carbons (Fsp3) is 0.500. The van der Waals surface area contributed by atoms with Crippen LogP contribution in [0, 0.1) is 0 Å². The van der Waals surface area contributed by atoms with Crippen LogP contribution in [-0.2, 0) is 9.53 Å². The fourth-order valence-corrected chi connectivity index (χ4v) is 2.48. The number of hydrogen-bond donors (Lipinski definition) is 2. The summed E-state index contributed by atoms with van der Waals surface area (Å²) in [7, 11) is 0. The fourth-order valence-electron chi connectivity index (χ4n) is 2.48. The molecule has 1 aliphatic rings. The molecule has 120 valence electrons. The molecule has 6 heteroatoms. The number of alkyl carbamates (subject to hydrolysis) is 1. The van der Waals surface area contributed by atoms with Gasteiger partial charge in [0.15, 0.2) is 0 Å². The van der Waals surface area contributed by atoms with Crippen LogP contribution in [0.5, 0.6) is 5.75 Å². The second-order valence-electron chi connectivity index (χ2n) is 6.24.